The zero-order valence-corrected chi connectivity index (χ0v) is 17.0. The Morgan fingerprint density at radius 1 is 1.23 bits per heavy atom. The smallest absolute Gasteiger partial charge is 0.181 e. The molecule has 0 amide bonds. The van der Waals surface area contributed by atoms with Crippen LogP contribution in [0, 0.1) is 5.41 Å². The lowest BCUT2D eigenvalue weighted by Crippen LogP contribution is -2.35. The molecule has 0 aliphatic carbocycles. The topological polar surface area (TPSA) is 57.6 Å². The largest absolute Gasteiger partial charge is 0.507 e. The van der Waals surface area contributed by atoms with Gasteiger partial charge in [0.15, 0.2) is 9.84 Å². The van der Waals surface area contributed by atoms with Crippen LogP contribution in [0.3, 0.4) is 0 Å². The summed E-state index contributed by atoms with van der Waals surface area (Å²) in [6.45, 7) is 4.75. The molecule has 0 saturated carbocycles. The van der Waals surface area contributed by atoms with E-state index in [2.05, 4.69) is 11.8 Å². The van der Waals surface area contributed by atoms with E-state index in [0.29, 0.717) is 17.1 Å². The van der Waals surface area contributed by atoms with E-state index in [9.17, 15) is 13.5 Å². The monoisotopic (exact) mass is 391 g/mol. The maximum absolute atomic E-state index is 13.2. The standard InChI is InChI=1S/C20H25NO3S2/c1-4-10-20(2)13-21(15-8-6-5-7-9-15)16-11-18(25-3)17(22)12-19(16)26(23,24)14-20/h5-9,11-12,22H,4,10,13-14H2,1-3H3. The fourth-order valence-corrected chi connectivity index (χ4v) is 6.39. The molecule has 2 aromatic rings. The first-order chi connectivity index (χ1) is 12.3. The van der Waals surface area contributed by atoms with Gasteiger partial charge in [0.05, 0.1) is 21.2 Å². The van der Waals surface area contributed by atoms with Crippen molar-refractivity contribution < 1.29 is 13.5 Å². The third-order valence-electron chi connectivity index (χ3n) is 4.89. The van der Waals surface area contributed by atoms with Crippen molar-refractivity contribution in [3.05, 3.63) is 42.5 Å². The first-order valence-electron chi connectivity index (χ1n) is 8.76. The third kappa shape index (κ3) is 3.58. The van der Waals surface area contributed by atoms with E-state index in [0.717, 1.165) is 18.5 Å². The van der Waals surface area contributed by atoms with Crippen molar-refractivity contribution in [1.29, 1.82) is 0 Å². The second kappa shape index (κ2) is 7.16. The zero-order chi connectivity index (χ0) is 18.9. The Morgan fingerprint density at radius 3 is 2.54 bits per heavy atom. The highest BCUT2D eigenvalue weighted by Gasteiger charge is 2.39. The van der Waals surface area contributed by atoms with Gasteiger partial charge in [-0.15, -0.1) is 11.8 Å². The molecule has 3 rings (SSSR count). The summed E-state index contributed by atoms with van der Waals surface area (Å²) >= 11 is 1.41. The summed E-state index contributed by atoms with van der Waals surface area (Å²) in [7, 11) is -3.51. The van der Waals surface area contributed by atoms with E-state index in [-0.39, 0.29) is 21.8 Å². The Hall–Kier alpha value is -1.66. The minimum Gasteiger partial charge on any atom is -0.507 e. The lowest BCUT2D eigenvalue weighted by Gasteiger charge is -2.34. The molecule has 1 N–H and O–H groups in total. The summed E-state index contributed by atoms with van der Waals surface area (Å²) in [6.07, 6.45) is 3.62. The molecule has 1 unspecified atom stereocenters. The highest BCUT2D eigenvalue weighted by atomic mass is 32.2. The molecule has 1 aliphatic rings. The van der Waals surface area contributed by atoms with Gasteiger partial charge in [-0.1, -0.05) is 38.5 Å². The summed E-state index contributed by atoms with van der Waals surface area (Å²) < 4.78 is 26.3. The summed E-state index contributed by atoms with van der Waals surface area (Å²) in [5, 5.41) is 10.3. The van der Waals surface area contributed by atoms with Crippen LogP contribution in [0.15, 0.2) is 52.3 Å². The van der Waals surface area contributed by atoms with E-state index in [4.69, 9.17) is 0 Å². The number of phenols is 1. The summed E-state index contributed by atoms with van der Waals surface area (Å²) in [6, 6.07) is 13.1. The number of fused-ring (bicyclic) bond motifs is 1. The molecule has 6 heteroatoms. The Bertz CT molecular complexity index is 897. The van der Waals surface area contributed by atoms with Crippen LogP contribution < -0.4 is 4.90 Å². The summed E-state index contributed by atoms with van der Waals surface area (Å²) in [4.78, 5) is 2.99. The second-order valence-corrected chi connectivity index (χ2v) is 10.0. The lowest BCUT2D eigenvalue weighted by molar-refractivity contribution is 0.346. The first-order valence-corrected chi connectivity index (χ1v) is 11.6. The fraction of sp³-hybridized carbons (Fsp3) is 0.400. The molecule has 0 aromatic heterocycles. The molecule has 0 fully saturated rings. The van der Waals surface area contributed by atoms with Gasteiger partial charge < -0.3 is 10.0 Å². The number of hydrogen-bond acceptors (Lipinski definition) is 5. The number of hydrogen-bond donors (Lipinski definition) is 1. The lowest BCUT2D eigenvalue weighted by atomic mass is 9.87. The van der Waals surface area contributed by atoms with Crippen molar-refractivity contribution in [2.45, 2.75) is 36.5 Å². The maximum atomic E-state index is 13.2. The summed E-state index contributed by atoms with van der Waals surface area (Å²) in [5.41, 5.74) is 1.25. The van der Waals surface area contributed by atoms with Crippen LogP contribution in [-0.4, -0.2) is 32.1 Å². The number of anilines is 2. The molecule has 0 bridgehead atoms. The van der Waals surface area contributed by atoms with Gasteiger partial charge in [-0.25, -0.2) is 8.42 Å². The SMILES string of the molecule is CCCC1(C)CN(c2ccccc2)c2cc(SC)c(O)cc2S(=O)(=O)C1. The Kier molecular flexibility index (Phi) is 5.26. The number of para-hydroxylation sites is 1. The molecular formula is C20H25NO3S2. The number of thioether (sulfide) groups is 1. The summed E-state index contributed by atoms with van der Waals surface area (Å²) in [5.74, 6) is 0.106. The normalized spacial score (nSPS) is 21.9. The maximum Gasteiger partial charge on any atom is 0.181 e. The molecule has 1 atom stereocenters. The quantitative estimate of drug-likeness (QED) is 0.755. The minimum absolute atomic E-state index is 0.0203. The van der Waals surface area contributed by atoms with Crippen LogP contribution in [0.4, 0.5) is 11.4 Å². The van der Waals surface area contributed by atoms with Crippen molar-refractivity contribution in [3.8, 4) is 5.75 Å². The third-order valence-corrected chi connectivity index (χ3v) is 7.73. The van der Waals surface area contributed by atoms with E-state index in [1.807, 2.05) is 43.5 Å². The number of nitrogens with zero attached hydrogens (tertiary/aromatic N) is 1. The van der Waals surface area contributed by atoms with Gasteiger partial charge in [-0.3, -0.25) is 0 Å². The molecule has 1 heterocycles. The van der Waals surface area contributed by atoms with Gasteiger partial charge in [0.1, 0.15) is 5.75 Å². The minimum atomic E-state index is -3.51. The van der Waals surface area contributed by atoms with Gasteiger partial charge in [0, 0.05) is 18.3 Å². The molecule has 4 nitrogen and oxygen atoms in total. The molecule has 1 aliphatic heterocycles. The van der Waals surface area contributed by atoms with Crippen LogP contribution in [0.5, 0.6) is 5.75 Å². The van der Waals surface area contributed by atoms with Gasteiger partial charge in [-0.2, -0.15) is 0 Å². The molecule has 0 saturated heterocycles. The first kappa shape index (κ1) is 19.1. The number of benzene rings is 2. The number of aromatic hydroxyl groups is 1. The van der Waals surface area contributed by atoms with Crippen LogP contribution in [-0.2, 0) is 9.84 Å². The van der Waals surface area contributed by atoms with E-state index < -0.39 is 9.84 Å². The Morgan fingerprint density at radius 2 is 1.92 bits per heavy atom. The van der Waals surface area contributed by atoms with Gasteiger partial charge >= 0.3 is 0 Å². The van der Waals surface area contributed by atoms with E-state index in [1.54, 1.807) is 6.07 Å². The van der Waals surface area contributed by atoms with Gasteiger partial charge in [0.2, 0.25) is 0 Å². The number of phenolic OH excluding ortho intramolecular Hbond substituents is 1. The molecule has 0 radical (unpaired) electrons. The predicted molar refractivity (Wildman–Crippen MR) is 108 cm³/mol. The van der Waals surface area contributed by atoms with Crippen molar-refractivity contribution >= 4 is 33.0 Å². The van der Waals surface area contributed by atoms with Crippen LogP contribution in [0.2, 0.25) is 0 Å². The predicted octanol–water partition coefficient (Wildman–Crippen LogP) is 4.85. The number of sulfone groups is 1. The van der Waals surface area contributed by atoms with Crippen molar-refractivity contribution in [2.24, 2.45) is 5.41 Å². The van der Waals surface area contributed by atoms with Crippen LogP contribution >= 0.6 is 11.8 Å². The Balaban J connectivity index is 2.27. The van der Waals surface area contributed by atoms with Crippen LogP contribution in [0.1, 0.15) is 26.7 Å². The number of rotatable bonds is 4. The highest BCUT2D eigenvalue weighted by molar-refractivity contribution is 7.98. The highest BCUT2D eigenvalue weighted by Crippen LogP contribution is 2.45. The van der Waals surface area contributed by atoms with E-state index in [1.165, 1.54) is 17.8 Å². The average molecular weight is 392 g/mol. The zero-order valence-electron chi connectivity index (χ0n) is 15.4. The van der Waals surface area contributed by atoms with Gasteiger partial charge in [-0.05, 0) is 36.3 Å². The van der Waals surface area contributed by atoms with Gasteiger partial charge in [0.25, 0.3) is 0 Å². The second-order valence-electron chi connectivity index (χ2n) is 7.23. The molecule has 2 aromatic carbocycles. The average Bonchev–Trinajstić information content (AvgIpc) is 2.68. The van der Waals surface area contributed by atoms with Crippen molar-refractivity contribution in [3.63, 3.8) is 0 Å². The van der Waals surface area contributed by atoms with Crippen molar-refractivity contribution in [2.75, 3.05) is 23.5 Å². The molecule has 140 valence electrons. The molecule has 26 heavy (non-hydrogen) atoms. The van der Waals surface area contributed by atoms with Crippen LogP contribution in [0.25, 0.3) is 0 Å². The fourth-order valence-electron chi connectivity index (χ4n) is 3.80. The molecule has 0 spiro atoms. The Labute approximate surface area is 160 Å². The molecular weight excluding hydrogens is 366 g/mol. The van der Waals surface area contributed by atoms with Crippen molar-refractivity contribution in [1.82, 2.24) is 0 Å². The van der Waals surface area contributed by atoms with E-state index >= 15 is 0 Å².